The third kappa shape index (κ3) is 4.55. The quantitative estimate of drug-likeness (QED) is 0.265. The minimum absolute atomic E-state index is 0.0847. The Morgan fingerprint density at radius 2 is 2.02 bits per heavy atom. The summed E-state index contributed by atoms with van der Waals surface area (Å²) in [7, 11) is 7.21. The van der Waals surface area contributed by atoms with Crippen LogP contribution in [0.3, 0.4) is 0 Å². The van der Waals surface area contributed by atoms with E-state index < -0.39 is 0 Å². The molecule has 9 nitrogen and oxygen atoms in total. The van der Waals surface area contributed by atoms with Crippen LogP contribution in [0, 0.1) is 12.8 Å². The van der Waals surface area contributed by atoms with Crippen molar-refractivity contribution in [1.82, 2.24) is 34.9 Å². The van der Waals surface area contributed by atoms with Gasteiger partial charge in [0.05, 0.1) is 38.9 Å². The van der Waals surface area contributed by atoms with Crippen molar-refractivity contribution in [3.05, 3.63) is 29.0 Å². The highest BCUT2D eigenvalue weighted by Gasteiger charge is 2.48. The molecule has 3 atom stereocenters. The number of anilines is 1. The second-order valence-electron chi connectivity index (χ2n) is 13.0. The minimum atomic E-state index is 0.0847. The number of pyridine rings is 1. The van der Waals surface area contributed by atoms with Crippen LogP contribution in [-0.4, -0.2) is 86.4 Å². The number of aromatic nitrogens is 5. The molecule has 2 aliphatic heterocycles. The van der Waals surface area contributed by atoms with Gasteiger partial charge in [0.15, 0.2) is 0 Å². The third-order valence-corrected chi connectivity index (χ3v) is 11.2. The number of nitrogens with one attached hydrogen (secondary N) is 2. The molecule has 7 rings (SSSR count). The molecule has 4 aromatic rings. The number of H-pyrrole nitrogens is 1. The van der Waals surface area contributed by atoms with Gasteiger partial charge in [-0.2, -0.15) is 15.1 Å². The maximum absolute atomic E-state index is 6.92. The summed E-state index contributed by atoms with van der Waals surface area (Å²) in [6, 6.07) is 2.42. The Hall–Kier alpha value is -2.58. The summed E-state index contributed by atoms with van der Waals surface area (Å²) in [5.41, 5.74) is 4.50. The van der Waals surface area contributed by atoms with Crippen LogP contribution < -0.4 is 15.4 Å². The predicted molar refractivity (Wildman–Crippen MR) is 173 cm³/mol. The van der Waals surface area contributed by atoms with Gasteiger partial charge in [-0.05, 0) is 83.6 Å². The maximum atomic E-state index is 6.92. The highest BCUT2D eigenvalue weighted by Crippen LogP contribution is 2.42. The lowest BCUT2D eigenvalue weighted by atomic mass is 9.75. The fourth-order valence-electron chi connectivity index (χ4n) is 7.55. The number of aryl methyl sites for hydroxylation is 1. The molecule has 1 aromatic carbocycles. The van der Waals surface area contributed by atoms with Gasteiger partial charge in [0.25, 0.3) is 0 Å². The Bertz CT molecular complexity index is 1670. The zero-order chi connectivity index (χ0) is 29.2. The summed E-state index contributed by atoms with van der Waals surface area (Å²) in [5.74, 6) is 1.44. The Labute approximate surface area is 254 Å². The number of rotatable bonds is 8. The van der Waals surface area contributed by atoms with Crippen LogP contribution in [0.1, 0.15) is 51.0 Å². The van der Waals surface area contributed by atoms with Crippen LogP contribution in [0.2, 0.25) is 5.02 Å². The number of ether oxygens (including phenoxy) is 1. The zero-order valence-electron chi connectivity index (χ0n) is 24.9. The van der Waals surface area contributed by atoms with Gasteiger partial charge >= 0.3 is 6.01 Å². The topological polar surface area (TPSA) is 95.1 Å². The van der Waals surface area contributed by atoms with Crippen molar-refractivity contribution in [3.63, 3.8) is 0 Å². The molecule has 11 heteroatoms. The van der Waals surface area contributed by atoms with Crippen LogP contribution in [-0.2, 0) is 0 Å². The van der Waals surface area contributed by atoms with E-state index in [1.807, 2.05) is 25.4 Å². The first-order valence-corrected chi connectivity index (χ1v) is 16.0. The van der Waals surface area contributed by atoms with Crippen molar-refractivity contribution in [3.8, 4) is 17.3 Å². The molecule has 5 heterocycles. The van der Waals surface area contributed by atoms with Crippen molar-refractivity contribution >= 4 is 53.8 Å². The number of benzene rings is 1. The van der Waals surface area contributed by atoms with Gasteiger partial charge in [0, 0.05) is 41.1 Å². The van der Waals surface area contributed by atoms with Gasteiger partial charge in [0.1, 0.15) is 12.4 Å². The van der Waals surface area contributed by atoms with Gasteiger partial charge in [0.2, 0.25) is 0 Å². The van der Waals surface area contributed by atoms with E-state index in [-0.39, 0.29) is 11.1 Å². The van der Waals surface area contributed by atoms with Gasteiger partial charge in [-0.3, -0.25) is 15.0 Å². The van der Waals surface area contributed by atoms with Crippen molar-refractivity contribution in [2.45, 2.75) is 63.5 Å². The van der Waals surface area contributed by atoms with E-state index in [4.69, 9.17) is 31.3 Å². The van der Waals surface area contributed by atoms with E-state index in [0.29, 0.717) is 23.6 Å². The lowest BCUT2D eigenvalue weighted by Gasteiger charge is -2.47. The minimum Gasteiger partial charge on any atom is -0.461 e. The molecule has 3 aromatic heterocycles. The van der Waals surface area contributed by atoms with Crippen molar-refractivity contribution in [1.29, 1.82) is 0 Å². The number of hydrogen-bond acceptors (Lipinski definition) is 8. The molecule has 3 fully saturated rings. The zero-order valence-corrected chi connectivity index (χ0v) is 26.8. The first-order chi connectivity index (χ1) is 20.2. The molecule has 2 N–H and O–H groups in total. The van der Waals surface area contributed by atoms with Gasteiger partial charge in [-0.25, -0.2) is 0 Å². The van der Waals surface area contributed by atoms with Crippen molar-refractivity contribution < 1.29 is 4.74 Å². The Balaban J connectivity index is 1.31. The molecular formula is C31H40ClN8OP. The number of fused-ring (bicyclic) bond motifs is 3. The molecule has 0 bridgehead atoms. The van der Waals surface area contributed by atoms with Crippen LogP contribution in [0.25, 0.3) is 33.1 Å². The van der Waals surface area contributed by atoms with Crippen LogP contribution in [0.15, 0.2) is 18.5 Å². The number of hydrogen-bond donors (Lipinski definition) is 2. The molecule has 3 aliphatic rings. The number of nitrogens with zero attached hydrogens (tertiary/aromatic N) is 6. The summed E-state index contributed by atoms with van der Waals surface area (Å²) in [4.78, 5) is 19.9. The van der Waals surface area contributed by atoms with Gasteiger partial charge in [-0.15, -0.1) is 9.24 Å². The van der Waals surface area contributed by atoms with Crippen molar-refractivity contribution in [2.75, 3.05) is 45.7 Å². The second kappa shape index (κ2) is 10.5. The molecule has 1 aliphatic carbocycles. The highest BCUT2D eigenvalue weighted by molar-refractivity contribution is 7.28. The molecule has 222 valence electrons. The van der Waals surface area contributed by atoms with E-state index in [0.717, 1.165) is 82.2 Å². The Kier molecular flexibility index (Phi) is 7.08. The highest BCUT2D eigenvalue weighted by atomic mass is 35.5. The van der Waals surface area contributed by atoms with Gasteiger partial charge < -0.3 is 15.0 Å². The van der Waals surface area contributed by atoms with E-state index in [1.54, 1.807) is 0 Å². The average molecular weight is 607 g/mol. The normalized spacial score (nSPS) is 23.5. The van der Waals surface area contributed by atoms with Crippen LogP contribution in [0.5, 0.6) is 6.01 Å². The average Bonchev–Trinajstić information content (AvgIpc) is 3.62. The molecular weight excluding hydrogens is 567 g/mol. The first kappa shape index (κ1) is 28.2. The summed E-state index contributed by atoms with van der Waals surface area (Å²) in [6.07, 6.45) is 10.8. The van der Waals surface area contributed by atoms with Crippen LogP contribution in [0.4, 0.5) is 5.82 Å². The standard InChI is InChI=1S/C31H40ClN8OP/c1-18-12-31(9-6-10-40(31)15-18)17-41-29-36-25-21(28(37-29)34-16-30(39(3)4)7-5-8-30)13-33-26(27(25)42)23-20-14-35-38-22(20)11-19(2)24(23)32/h11,13-14,18H,5-10,12,15-17,42H2,1-4H3,(H,35,38)(H,34,36,37)/t18-,31+/m1/s1. The molecule has 42 heavy (non-hydrogen) atoms. The maximum Gasteiger partial charge on any atom is 0.319 e. The largest absolute Gasteiger partial charge is 0.461 e. The summed E-state index contributed by atoms with van der Waals surface area (Å²) >= 11 is 6.92. The van der Waals surface area contributed by atoms with E-state index in [9.17, 15) is 0 Å². The molecule has 2 saturated heterocycles. The summed E-state index contributed by atoms with van der Waals surface area (Å²) in [6.45, 7) is 8.05. The van der Waals surface area contributed by atoms with Gasteiger partial charge in [-0.1, -0.05) is 18.5 Å². The number of aromatic amines is 1. The lowest BCUT2D eigenvalue weighted by Crippen LogP contribution is -2.54. The number of halogens is 1. The fourth-order valence-corrected chi connectivity index (χ4v) is 8.24. The lowest BCUT2D eigenvalue weighted by molar-refractivity contribution is 0.0738. The molecule has 1 saturated carbocycles. The molecule has 0 amide bonds. The Morgan fingerprint density at radius 3 is 2.79 bits per heavy atom. The third-order valence-electron chi connectivity index (χ3n) is 10.1. The SMILES string of the molecule is Cc1cc2[nH]ncc2c(-c2ncc3c(NCC4(N(C)C)CCC4)nc(OC[C@@]45CCCN4C[C@H](C)C5)nc3c2P)c1Cl. The fraction of sp³-hybridized carbons (Fsp3) is 0.548. The molecule has 0 spiro atoms. The summed E-state index contributed by atoms with van der Waals surface area (Å²) in [5, 5.41) is 14.4. The summed E-state index contributed by atoms with van der Waals surface area (Å²) < 4.78 is 6.53. The Morgan fingerprint density at radius 1 is 1.19 bits per heavy atom. The van der Waals surface area contributed by atoms with Crippen molar-refractivity contribution in [2.24, 2.45) is 5.92 Å². The van der Waals surface area contributed by atoms with Crippen LogP contribution >= 0.6 is 20.8 Å². The number of likely N-dealkylation sites (N-methyl/N-ethyl adjacent to an activating group) is 1. The second-order valence-corrected chi connectivity index (χ2v) is 14.0. The molecule has 0 radical (unpaired) electrons. The predicted octanol–water partition coefficient (Wildman–Crippen LogP) is 5.18. The van der Waals surface area contributed by atoms with E-state index >= 15 is 0 Å². The van der Waals surface area contributed by atoms with E-state index in [1.165, 1.54) is 25.7 Å². The first-order valence-electron chi connectivity index (χ1n) is 15.1. The van der Waals surface area contributed by atoms with E-state index in [2.05, 4.69) is 55.6 Å². The monoisotopic (exact) mass is 606 g/mol. The smallest absolute Gasteiger partial charge is 0.319 e. The molecule has 1 unspecified atom stereocenters.